The normalized spacial score (nSPS) is 11.3. The van der Waals surface area contributed by atoms with Crippen LogP contribution in [0.2, 0.25) is 0 Å². The van der Waals surface area contributed by atoms with Gasteiger partial charge in [0, 0.05) is 11.1 Å². The number of imidazole rings is 1. The maximum absolute atomic E-state index is 12.6. The summed E-state index contributed by atoms with van der Waals surface area (Å²) in [6.07, 6.45) is 0. The number of benzene rings is 3. The van der Waals surface area contributed by atoms with Crippen LogP contribution in [0, 0.1) is 0 Å². The summed E-state index contributed by atoms with van der Waals surface area (Å²) in [5.74, 6) is 0. The first-order chi connectivity index (χ1) is 13.6. The lowest BCUT2D eigenvalue weighted by Crippen LogP contribution is -2.14. The Morgan fingerprint density at radius 3 is 2.43 bits per heavy atom. The van der Waals surface area contributed by atoms with Crippen LogP contribution in [0.5, 0.6) is 0 Å². The predicted octanol–water partition coefficient (Wildman–Crippen LogP) is 3.67. The van der Waals surface area contributed by atoms with Crippen LogP contribution in [-0.2, 0) is 0 Å². The zero-order valence-corrected chi connectivity index (χ0v) is 14.7. The number of fused-ring (bicyclic) bond motifs is 3. The quantitative estimate of drug-likeness (QED) is 0.367. The summed E-state index contributed by atoms with van der Waals surface area (Å²) in [5.41, 5.74) is 9.16. The number of nitrogen functional groups attached to an aromatic ring is 1. The third-order valence-corrected chi connectivity index (χ3v) is 4.77. The van der Waals surface area contributed by atoms with Gasteiger partial charge in [-0.05, 0) is 47.5 Å². The van der Waals surface area contributed by atoms with Crippen LogP contribution in [0.3, 0.4) is 0 Å². The fourth-order valence-corrected chi connectivity index (χ4v) is 3.51. The van der Waals surface area contributed by atoms with E-state index in [4.69, 9.17) is 10.2 Å². The number of aromatic amines is 1. The number of hydrogen-bond acceptors (Lipinski definition) is 4. The minimum Gasteiger partial charge on any atom is -0.421 e. The van der Waals surface area contributed by atoms with Gasteiger partial charge in [0.2, 0.25) is 0 Å². The van der Waals surface area contributed by atoms with E-state index in [1.165, 1.54) is 4.57 Å². The molecular formula is C22H15N3O3. The van der Waals surface area contributed by atoms with Crippen molar-refractivity contribution >= 4 is 27.7 Å². The van der Waals surface area contributed by atoms with Crippen LogP contribution in [0.1, 0.15) is 0 Å². The summed E-state index contributed by atoms with van der Waals surface area (Å²) in [7, 11) is 0. The summed E-state index contributed by atoms with van der Waals surface area (Å²) in [6.45, 7) is 0. The Balaban J connectivity index is 1.91. The van der Waals surface area contributed by atoms with E-state index in [2.05, 4.69) is 4.98 Å². The Bertz CT molecular complexity index is 1460. The Hall–Kier alpha value is -4.06. The molecule has 3 aromatic carbocycles. The molecule has 136 valence electrons. The molecule has 0 radical (unpaired) electrons. The van der Waals surface area contributed by atoms with Crippen LogP contribution in [0.4, 0.5) is 5.69 Å². The van der Waals surface area contributed by atoms with Crippen molar-refractivity contribution in [1.82, 2.24) is 9.55 Å². The Labute approximate surface area is 158 Å². The maximum atomic E-state index is 12.6. The standard InChI is InChI=1S/C22H15N3O3/c23-15-6-4-5-13(11-15)14-9-10-18-17(12-14)20-19(21(26)28-18)24-22(27)25(20)16-7-2-1-3-8-16/h1-12H,23H2,(H,24,27). The molecule has 6 nitrogen and oxygen atoms in total. The average Bonchev–Trinajstić information content (AvgIpc) is 3.06. The van der Waals surface area contributed by atoms with E-state index in [0.717, 1.165) is 11.1 Å². The number of nitrogens with two attached hydrogens (primary N) is 1. The summed E-state index contributed by atoms with van der Waals surface area (Å²) in [5, 5.41) is 0.664. The third kappa shape index (κ3) is 2.43. The Kier molecular flexibility index (Phi) is 3.45. The second kappa shape index (κ2) is 5.99. The first kappa shape index (κ1) is 16.1. The van der Waals surface area contributed by atoms with E-state index in [1.807, 2.05) is 66.7 Å². The molecule has 0 amide bonds. The highest BCUT2D eigenvalue weighted by Crippen LogP contribution is 2.29. The lowest BCUT2D eigenvalue weighted by molar-refractivity contribution is 0.568. The summed E-state index contributed by atoms with van der Waals surface area (Å²) in [6, 6.07) is 22.2. The first-order valence-electron chi connectivity index (χ1n) is 8.75. The zero-order valence-electron chi connectivity index (χ0n) is 14.7. The smallest absolute Gasteiger partial charge is 0.362 e. The van der Waals surface area contributed by atoms with Gasteiger partial charge in [-0.3, -0.25) is 9.55 Å². The first-order valence-corrected chi connectivity index (χ1v) is 8.75. The highest BCUT2D eigenvalue weighted by Gasteiger charge is 2.17. The Morgan fingerprint density at radius 1 is 0.857 bits per heavy atom. The molecule has 0 fully saturated rings. The van der Waals surface area contributed by atoms with Crippen LogP contribution in [0.15, 0.2) is 86.8 Å². The molecule has 0 saturated heterocycles. The van der Waals surface area contributed by atoms with E-state index in [-0.39, 0.29) is 5.52 Å². The van der Waals surface area contributed by atoms with E-state index in [9.17, 15) is 9.59 Å². The van der Waals surface area contributed by atoms with Crippen molar-refractivity contribution in [1.29, 1.82) is 0 Å². The number of H-pyrrole nitrogens is 1. The number of para-hydroxylation sites is 1. The molecule has 0 saturated carbocycles. The number of aromatic nitrogens is 2. The van der Waals surface area contributed by atoms with Crippen molar-refractivity contribution in [3.05, 3.63) is 93.7 Å². The minimum absolute atomic E-state index is 0.145. The van der Waals surface area contributed by atoms with Gasteiger partial charge in [0.15, 0.2) is 5.52 Å². The van der Waals surface area contributed by atoms with Gasteiger partial charge in [-0.25, -0.2) is 9.59 Å². The predicted molar refractivity (Wildman–Crippen MR) is 110 cm³/mol. The summed E-state index contributed by atoms with van der Waals surface area (Å²) < 4.78 is 6.93. The Morgan fingerprint density at radius 2 is 1.64 bits per heavy atom. The fourth-order valence-electron chi connectivity index (χ4n) is 3.51. The van der Waals surface area contributed by atoms with Crippen molar-refractivity contribution in [3.63, 3.8) is 0 Å². The molecule has 0 aliphatic carbocycles. The van der Waals surface area contributed by atoms with E-state index < -0.39 is 11.3 Å². The molecule has 0 bridgehead atoms. The SMILES string of the molecule is Nc1cccc(-c2ccc3oc(=O)c4[nH]c(=O)n(-c5ccccc5)c4c3c2)c1. The van der Waals surface area contributed by atoms with Crippen molar-refractivity contribution in [2.45, 2.75) is 0 Å². The molecule has 5 rings (SSSR count). The molecule has 0 aliphatic rings. The molecule has 6 heteroatoms. The molecule has 2 aromatic heterocycles. The highest BCUT2D eigenvalue weighted by atomic mass is 16.4. The molecular weight excluding hydrogens is 354 g/mol. The van der Waals surface area contributed by atoms with E-state index in [1.54, 1.807) is 6.07 Å². The van der Waals surface area contributed by atoms with Crippen LogP contribution in [0.25, 0.3) is 38.8 Å². The number of rotatable bonds is 2. The topological polar surface area (TPSA) is 94.0 Å². The molecule has 2 heterocycles. The molecule has 0 unspecified atom stereocenters. The van der Waals surface area contributed by atoms with E-state index >= 15 is 0 Å². The zero-order chi connectivity index (χ0) is 19.3. The molecule has 3 N–H and O–H groups in total. The number of anilines is 1. The van der Waals surface area contributed by atoms with Crippen molar-refractivity contribution in [3.8, 4) is 16.8 Å². The molecule has 5 aromatic rings. The summed E-state index contributed by atoms with van der Waals surface area (Å²) >= 11 is 0. The van der Waals surface area contributed by atoms with Gasteiger partial charge in [0.1, 0.15) is 5.58 Å². The maximum Gasteiger partial charge on any atom is 0.362 e. The van der Waals surface area contributed by atoms with Crippen molar-refractivity contribution in [2.75, 3.05) is 5.73 Å². The lowest BCUT2D eigenvalue weighted by Gasteiger charge is -2.08. The highest BCUT2D eigenvalue weighted by molar-refractivity contribution is 6.03. The van der Waals surface area contributed by atoms with Crippen molar-refractivity contribution < 1.29 is 4.42 Å². The number of nitrogens with zero attached hydrogens (tertiary/aromatic N) is 1. The van der Waals surface area contributed by atoms with Gasteiger partial charge in [-0.1, -0.05) is 36.4 Å². The van der Waals surface area contributed by atoms with Gasteiger partial charge in [-0.15, -0.1) is 0 Å². The minimum atomic E-state index is -0.578. The van der Waals surface area contributed by atoms with Crippen LogP contribution in [-0.4, -0.2) is 9.55 Å². The van der Waals surface area contributed by atoms with Gasteiger partial charge in [0.05, 0.1) is 11.2 Å². The second-order valence-electron chi connectivity index (χ2n) is 6.55. The number of hydrogen-bond donors (Lipinski definition) is 2. The lowest BCUT2D eigenvalue weighted by atomic mass is 10.0. The molecule has 28 heavy (non-hydrogen) atoms. The van der Waals surface area contributed by atoms with Gasteiger partial charge >= 0.3 is 11.3 Å². The summed E-state index contributed by atoms with van der Waals surface area (Å²) in [4.78, 5) is 27.7. The molecule has 0 atom stereocenters. The van der Waals surface area contributed by atoms with Gasteiger partial charge < -0.3 is 10.2 Å². The van der Waals surface area contributed by atoms with Crippen LogP contribution < -0.4 is 17.0 Å². The van der Waals surface area contributed by atoms with Gasteiger partial charge in [0.25, 0.3) is 0 Å². The van der Waals surface area contributed by atoms with Crippen molar-refractivity contribution in [2.24, 2.45) is 0 Å². The second-order valence-corrected chi connectivity index (χ2v) is 6.55. The molecule has 0 spiro atoms. The van der Waals surface area contributed by atoms with Crippen LogP contribution >= 0.6 is 0 Å². The fraction of sp³-hybridized carbons (Fsp3) is 0. The van der Waals surface area contributed by atoms with Gasteiger partial charge in [-0.2, -0.15) is 0 Å². The monoisotopic (exact) mass is 369 g/mol. The number of nitrogens with one attached hydrogen (secondary N) is 1. The largest absolute Gasteiger partial charge is 0.421 e. The third-order valence-electron chi connectivity index (χ3n) is 4.77. The molecule has 0 aliphatic heterocycles. The van der Waals surface area contributed by atoms with E-state index in [0.29, 0.717) is 27.9 Å². The average molecular weight is 369 g/mol.